The van der Waals surface area contributed by atoms with Gasteiger partial charge in [0, 0.05) is 13.0 Å². The smallest absolute Gasteiger partial charge is 0.305 e. The second kappa shape index (κ2) is 5.62. The molecular weight excluding hydrogens is 182 g/mol. The zero-order valence-corrected chi connectivity index (χ0v) is 8.29. The Morgan fingerprint density at radius 1 is 1.29 bits per heavy atom. The Balaban J connectivity index is 2.06. The Kier molecular flexibility index (Phi) is 4.43. The highest BCUT2D eigenvalue weighted by molar-refractivity contribution is 5.77. The molecular formula is C10H17NO3. The molecule has 0 aliphatic heterocycles. The summed E-state index contributed by atoms with van der Waals surface area (Å²) in [5, 5.41) is 11.0. The Morgan fingerprint density at radius 2 is 1.93 bits per heavy atom. The highest BCUT2D eigenvalue weighted by atomic mass is 16.4. The minimum absolute atomic E-state index is 0.00171. The van der Waals surface area contributed by atoms with Gasteiger partial charge in [-0.2, -0.15) is 0 Å². The van der Waals surface area contributed by atoms with Gasteiger partial charge in [0.2, 0.25) is 5.91 Å². The van der Waals surface area contributed by atoms with Gasteiger partial charge < -0.3 is 10.4 Å². The molecule has 0 unspecified atom stereocenters. The SMILES string of the molecule is O=C(O)CCNC(=O)CC1CCCC1. The Labute approximate surface area is 83.7 Å². The number of carboxylic acids is 1. The molecule has 14 heavy (non-hydrogen) atoms. The van der Waals surface area contributed by atoms with E-state index in [0.717, 1.165) is 12.8 Å². The molecule has 0 aromatic carbocycles. The van der Waals surface area contributed by atoms with Gasteiger partial charge in [0.25, 0.3) is 0 Å². The van der Waals surface area contributed by atoms with Crippen molar-refractivity contribution in [2.24, 2.45) is 5.92 Å². The summed E-state index contributed by atoms with van der Waals surface area (Å²) in [5.41, 5.74) is 0. The molecule has 1 aliphatic carbocycles. The molecule has 1 amide bonds. The van der Waals surface area contributed by atoms with Gasteiger partial charge in [0.05, 0.1) is 6.42 Å². The van der Waals surface area contributed by atoms with Gasteiger partial charge in [-0.1, -0.05) is 12.8 Å². The lowest BCUT2D eigenvalue weighted by atomic mass is 10.0. The van der Waals surface area contributed by atoms with Crippen molar-refractivity contribution in [3.8, 4) is 0 Å². The fourth-order valence-electron chi connectivity index (χ4n) is 1.86. The number of carbonyl (C=O) groups is 2. The van der Waals surface area contributed by atoms with Crippen molar-refractivity contribution in [2.75, 3.05) is 6.54 Å². The van der Waals surface area contributed by atoms with Gasteiger partial charge in [-0.3, -0.25) is 9.59 Å². The zero-order valence-electron chi connectivity index (χ0n) is 8.29. The van der Waals surface area contributed by atoms with E-state index in [1.54, 1.807) is 0 Å². The first kappa shape index (κ1) is 11.0. The van der Waals surface area contributed by atoms with Gasteiger partial charge in [0.15, 0.2) is 0 Å². The van der Waals surface area contributed by atoms with Crippen LogP contribution in [0, 0.1) is 5.92 Å². The van der Waals surface area contributed by atoms with Crippen LogP contribution >= 0.6 is 0 Å². The van der Waals surface area contributed by atoms with E-state index in [9.17, 15) is 9.59 Å². The summed E-state index contributed by atoms with van der Waals surface area (Å²) in [7, 11) is 0. The van der Waals surface area contributed by atoms with E-state index < -0.39 is 5.97 Å². The number of aliphatic carboxylic acids is 1. The van der Waals surface area contributed by atoms with E-state index in [-0.39, 0.29) is 18.9 Å². The van der Waals surface area contributed by atoms with Gasteiger partial charge in [-0.15, -0.1) is 0 Å². The van der Waals surface area contributed by atoms with Crippen LogP contribution < -0.4 is 5.32 Å². The van der Waals surface area contributed by atoms with Crippen molar-refractivity contribution in [3.05, 3.63) is 0 Å². The average Bonchev–Trinajstić information content (AvgIpc) is 2.56. The molecule has 1 aliphatic rings. The lowest BCUT2D eigenvalue weighted by Gasteiger charge is -2.08. The summed E-state index contributed by atoms with van der Waals surface area (Å²) in [6.45, 7) is 0.251. The molecule has 0 bridgehead atoms. The maximum atomic E-state index is 11.3. The van der Waals surface area contributed by atoms with Crippen LogP contribution in [-0.2, 0) is 9.59 Å². The molecule has 0 spiro atoms. The maximum Gasteiger partial charge on any atom is 0.305 e. The first-order valence-electron chi connectivity index (χ1n) is 5.17. The zero-order chi connectivity index (χ0) is 10.4. The summed E-state index contributed by atoms with van der Waals surface area (Å²) in [5.74, 6) is -0.343. The Bertz CT molecular complexity index is 209. The van der Waals surface area contributed by atoms with Gasteiger partial charge in [-0.25, -0.2) is 0 Å². The number of rotatable bonds is 5. The summed E-state index contributed by atoms with van der Waals surface area (Å²) >= 11 is 0. The van der Waals surface area contributed by atoms with E-state index in [1.807, 2.05) is 0 Å². The molecule has 80 valence electrons. The minimum atomic E-state index is -0.869. The topological polar surface area (TPSA) is 66.4 Å². The molecule has 4 heteroatoms. The predicted octanol–water partition coefficient (Wildman–Crippen LogP) is 1.16. The van der Waals surface area contributed by atoms with Crippen LogP contribution in [0.15, 0.2) is 0 Å². The molecule has 4 nitrogen and oxygen atoms in total. The van der Waals surface area contributed by atoms with Crippen molar-refractivity contribution in [1.29, 1.82) is 0 Å². The lowest BCUT2D eigenvalue weighted by Crippen LogP contribution is -2.27. The summed E-state index contributed by atoms with van der Waals surface area (Å²) in [4.78, 5) is 21.5. The second-order valence-electron chi connectivity index (χ2n) is 3.85. The fourth-order valence-corrected chi connectivity index (χ4v) is 1.86. The highest BCUT2D eigenvalue weighted by Crippen LogP contribution is 2.27. The van der Waals surface area contributed by atoms with Crippen molar-refractivity contribution in [3.63, 3.8) is 0 Å². The van der Waals surface area contributed by atoms with Crippen molar-refractivity contribution < 1.29 is 14.7 Å². The monoisotopic (exact) mass is 199 g/mol. The van der Waals surface area contributed by atoms with E-state index >= 15 is 0 Å². The largest absolute Gasteiger partial charge is 0.481 e. The number of carbonyl (C=O) groups excluding carboxylic acids is 1. The Morgan fingerprint density at radius 3 is 2.50 bits per heavy atom. The van der Waals surface area contributed by atoms with E-state index in [1.165, 1.54) is 12.8 Å². The quantitative estimate of drug-likeness (QED) is 0.698. The normalized spacial score (nSPS) is 16.9. The molecule has 0 aromatic heterocycles. The molecule has 2 N–H and O–H groups in total. The average molecular weight is 199 g/mol. The molecule has 0 atom stereocenters. The van der Waals surface area contributed by atoms with Gasteiger partial charge in [0.1, 0.15) is 0 Å². The van der Waals surface area contributed by atoms with Gasteiger partial charge >= 0.3 is 5.97 Å². The lowest BCUT2D eigenvalue weighted by molar-refractivity contribution is -0.136. The van der Waals surface area contributed by atoms with Crippen LogP contribution in [0.2, 0.25) is 0 Å². The standard InChI is InChI=1S/C10H17NO3/c12-9(11-6-5-10(13)14)7-8-3-1-2-4-8/h8H,1-7H2,(H,11,12)(H,13,14). The molecule has 1 saturated carbocycles. The summed E-state index contributed by atoms with van der Waals surface area (Å²) < 4.78 is 0. The highest BCUT2D eigenvalue weighted by Gasteiger charge is 2.17. The third kappa shape index (κ3) is 4.25. The van der Waals surface area contributed by atoms with Crippen LogP contribution in [0.1, 0.15) is 38.5 Å². The molecule has 0 aromatic rings. The first-order chi connectivity index (χ1) is 6.68. The third-order valence-electron chi connectivity index (χ3n) is 2.61. The molecule has 0 radical (unpaired) electrons. The molecule has 1 fully saturated rings. The summed E-state index contributed by atoms with van der Waals surface area (Å²) in [6.07, 6.45) is 5.33. The fraction of sp³-hybridized carbons (Fsp3) is 0.800. The molecule has 0 heterocycles. The maximum absolute atomic E-state index is 11.3. The van der Waals surface area contributed by atoms with E-state index in [4.69, 9.17) is 5.11 Å². The first-order valence-corrected chi connectivity index (χ1v) is 5.17. The predicted molar refractivity (Wildman–Crippen MR) is 51.8 cm³/mol. The number of carboxylic acid groups (broad SMARTS) is 1. The van der Waals surface area contributed by atoms with E-state index in [2.05, 4.69) is 5.32 Å². The van der Waals surface area contributed by atoms with Crippen LogP contribution in [0.3, 0.4) is 0 Å². The van der Waals surface area contributed by atoms with Crippen LogP contribution in [0.25, 0.3) is 0 Å². The minimum Gasteiger partial charge on any atom is -0.481 e. The molecule has 1 rings (SSSR count). The summed E-state index contributed by atoms with van der Waals surface area (Å²) in [6, 6.07) is 0. The number of hydrogen-bond donors (Lipinski definition) is 2. The number of hydrogen-bond acceptors (Lipinski definition) is 2. The van der Waals surface area contributed by atoms with Crippen LogP contribution in [0.5, 0.6) is 0 Å². The van der Waals surface area contributed by atoms with Crippen molar-refractivity contribution >= 4 is 11.9 Å². The van der Waals surface area contributed by atoms with Gasteiger partial charge in [-0.05, 0) is 18.8 Å². The van der Waals surface area contributed by atoms with Crippen molar-refractivity contribution in [2.45, 2.75) is 38.5 Å². The van der Waals surface area contributed by atoms with Crippen molar-refractivity contribution in [1.82, 2.24) is 5.32 Å². The molecule has 0 saturated heterocycles. The van der Waals surface area contributed by atoms with Crippen LogP contribution in [0.4, 0.5) is 0 Å². The number of nitrogens with one attached hydrogen (secondary N) is 1. The van der Waals surface area contributed by atoms with Crippen LogP contribution in [-0.4, -0.2) is 23.5 Å². The number of amides is 1. The second-order valence-corrected chi connectivity index (χ2v) is 3.85. The third-order valence-corrected chi connectivity index (χ3v) is 2.61. The Hall–Kier alpha value is -1.06. The van der Waals surface area contributed by atoms with E-state index in [0.29, 0.717) is 12.3 Å².